The van der Waals surface area contributed by atoms with Crippen molar-refractivity contribution in [2.45, 2.75) is 71.6 Å². The summed E-state index contributed by atoms with van der Waals surface area (Å²) in [5.41, 5.74) is 14.4. The Labute approximate surface area is 244 Å². The fourth-order valence-electron chi connectivity index (χ4n) is 6.89. The van der Waals surface area contributed by atoms with Gasteiger partial charge in [-0.2, -0.15) is 0 Å². The quantitative estimate of drug-likeness (QED) is 0.283. The van der Waals surface area contributed by atoms with Gasteiger partial charge >= 0.3 is 11.9 Å². The van der Waals surface area contributed by atoms with Crippen molar-refractivity contribution in [2.75, 3.05) is 11.5 Å². The first-order chi connectivity index (χ1) is 20.1. The third-order valence-electron chi connectivity index (χ3n) is 9.23. The second-order valence-electron chi connectivity index (χ2n) is 12.4. The monoisotopic (exact) mass is 570 g/mol. The predicted molar refractivity (Wildman–Crippen MR) is 160 cm³/mol. The third kappa shape index (κ3) is 4.62. The molecular weight excluding hydrogens is 532 g/mol. The van der Waals surface area contributed by atoms with Crippen molar-refractivity contribution in [1.29, 1.82) is 0 Å². The van der Waals surface area contributed by atoms with E-state index in [-0.39, 0.29) is 41.1 Å². The SMILES string of the molecule is CC(C)C(=O)OC1C(n2ccc3c(N)ncnc32)C2CCC2(CCc2ccc3nc(N)ccc3c2)C1OC(=O)C(C)C. The lowest BCUT2D eigenvalue weighted by Crippen LogP contribution is -2.49. The molecule has 0 amide bonds. The molecular formula is C32H38N6O4. The molecule has 2 fully saturated rings. The molecule has 0 saturated heterocycles. The second kappa shape index (κ2) is 10.6. The largest absolute Gasteiger partial charge is 0.458 e. The van der Waals surface area contributed by atoms with E-state index >= 15 is 0 Å². The molecule has 220 valence electrons. The van der Waals surface area contributed by atoms with Crippen LogP contribution < -0.4 is 11.5 Å². The molecule has 2 aliphatic rings. The third-order valence-corrected chi connectivity index (χ3v) is 9.23. The first-order valence-corrected chi connectivity index (χ1v) is 14.7. The second-order valence-corrected chi connectivity index (χ2v) is 12.4. The number of ether oxygens (including phenoxy) is 2. The van der Waals surface area contributed by atoms with Crippen LogP contribution in [0.15, 0.2) is 48.9 Å². The average molecular weight is 571 g/mol. The number of nitrogens with zero attached hydrogens (tertiary/aromatic N) is 4. The van der Waals surface area contributed by atoms with Gasteiger partial charge in [0.05, 0.1) is 28.8 Å². The van der Waals surface area contributed by atoms with E-state index in [9.17, 15) is 9.59 Å². The van der Waals surface area contributed by atoms with E-state index < -0.39 is 12.2 Å². The molecule has 3 heterocycles. The summed E-state index contributed by atoms with van der Waals surface area (Å²) in [7, 11) is 0. The Hall–Kier alpha value is -4.21. The molecule has 6 rings (SSSR count). The Bertz CT molecular complexity index is 1670. The number of anilines is 2. The number of aromatic nitrogens is 4. The summed E-state index contributed by atoms with van der Waals surface area (Å²) in [5, 5.41) is 1.76. The Balaban J connectivity index is 1.41. The summed E-state index contributed by atoms with van der Waals surface area (Å²) in [6.07, 6.45) is 5.43. The number of hydrogen-bond donors (Lipinski definition) is 2. The van der Waals surface area contributed by atoms with Gasteiger partial charge in [0.2, 0.25) is 0 Å². The van der Waals surface area contributed by atoms with Crippen molar-refractivity contribution < 1.29 is 19.1 Å². The van der Waals surface area contributed by atoms with Crippen molar-refractivity contribution >= 4 is 45.5 Å². The van der Waals surface area contributed by atoms with Gasteiger partial charge in [0.25, 0.3) is 0 Å². The van der Waals surface area contributed by atoms with E-state index in [1.165, 1.54) is 6.33 Å². The maximum absolute atomic E-state index is 13.2. The van der Waals surface area contributed by atoms with Crippen LogP contribution in [0.2, 0.25) is 0 Å². The smallest absolute Gasteiger partial charge is 0.308 e. The zero-order valence-corrected chi connectivity index (χ0v) is 24.5. The fourth-order valence-corrected chi connectivity index (χ4v) is 6.89. The Morgan fingerprint density at radius 1 is 1.02 bits per heavy atom. The van der Waals surface area contributed by atoms with E-state index in [0.717, 1.165) is 47.5 Å². The summed E-state index contributed by atoms with van der Waals surface area (Å²) in [6.45, 7) is 7.27. The van der Waals surface area contributed by atoms with Gasteiger partial charge in [0, 0.05) is 17.0 Å². The lowest BCUT2D eigenvalue weighted by Gasteiger charge is -2.49. The number of pyridine rings is 1. The lowest BCUT2D eigenvalue weighted by atomic mass is 9.58. The van der Waals surface area contributed by atoms with Crippen molar-refractivity contribution in [1.82, 2.24) is 19.5 Å². The summed E-state index contributed by atoms with van der Waals surface area (Å²) in [6, 6.07) is 11.6. The molecule has 2 saturated carbocycles. The molecule has 4 N–H and O–H groups in total. The summed E-state index contributed by atoms with van der Waals surface area (Å²) < 4.78 is 14.7. The van der Waals surface area contributed by atoms with Crippen LogP contribution in [0.4, 0.5) is 11.6 Å². The number of carbonyl (C=O) groups excluding carboxylic acids is 2. The molecule has 0 aliphatic heterocycles. The van der Waals surface area contributed by atoms with Crippen LogP contribution >= 0.6 is 0 Å². The first kappa shape index (κ1) is 27.9. The number of aryl methyl sites for hydroxylation is 1. The Morgan fingerprint density at radius 2 is 1.79 bits per heavy atom. The van der Waals surface area contributed by atoms with E-state index in [1.807, 2.05) is 52.1 Å². The highest BCUT2D eigenvalue weighted by molar-refractivity contribution is 5.86. The van der Waals surface area contributed by atoms with Gasteiger partial charge in [-0.25, -0.2) is 15.0 Å². The fraction of sp³-hybridized carbons (Fsp3) is 0.469. The van der Waals surface area contributed by atoms with E-state index in [1.54, 1.807) is 6.07 Å². The van der Waals surface area contributed by atoms with Gasteiger partial charge in [-0.1, -0.05) is 33.8 Å². The molecule has 2 aliphatic carbocycles. The molecule has 1 aromatic carbocycles. The number of nitrogens with two attached hydrogens (primary N) is 2. The minimum Gasteiger partial charge on any atom is -0.458 e. The Morgan fingerprint density at radius 3 is 2.50 bits per heavy atom. The molecule has 5 unspecified atom stereocenters. The maximum atomic E-state index is 13.2. The van der Waals surface area contributed by atoms with Crippen LogP contribution in [0.3, 0.4) is 0 Å². The van der Waals surface area contributed by atoms with E-state index in [0.29, 0.717) is 17.3 Å². The van der Waals surface area contributed by atoms with Crippen molar-refractivity contribution in [3.8, 4) is 0 Å². The number of rotatable bonds is 8. The van der Waals surface area contributed by atoms with Crippen LogP contribution in [0.25, 0.3) is 21.9 Å². The molecule has 0 bridgehead atoms. The van der Waals surface area contributed by atoms with Crippen molar-refractivity contribution in [3.63, 3.8) is 0 Å². The molecule has 5 atom stereocenters. The van der Waals surface area contributed by atoms with Crippen LogP contribution in [0.5, 0.6) is 0 Å². The van der Waals surface area contributed by atoms with Crippen LogP contribution in [0.1, 0.15) is 58.6 Å². The molecule has 42 heavy (non-hydrogen) atoms. The van der Waals surface area contributed by atoms with Gasteiger partial charge in [0.1, 0.15) is 29.7 Å². The standard InChI is InChI=1S/C32H38N6O4/c1-17(2)30(39)41-26-25(38-14-11-21-28(34)35-16-36-29(21)38)22-10-13-32(22,27(26)42-31(40)18(3)4)12-9-19-5-7-23-20(15-19)6-8-24(33)37-23/h5-8,11,14-18,22,25-27H,9-10,12-13H2,1-4H3,(H2,33,37)(H2,34,35,36). The molecule has 0 spiro atoms. The summed E-state index contributed by atoms with van der Waals surface area (Å²) in [5.74, 6) is -0.287. The van der Waals surface area contributed by atoms with Gasteiger partial charge in [-0.15, -0.1) is 0 Å². The van der Waals surface area contributed by atoms with E-state index in [4.69, 9.17) is 20.9 Å². The number of benzene rings is 1. The molecule has 10 nitrogen and oxygen atoms in total. The van der Waals surface area contributed by atoms with Gasteiger partial charge in [0.15, 0.2) is 6.10 Å². The highest BCUT2D eigenvalue weighted by Crippen LogP contribution is 2.66. The van der Waals surface area contributed by atoms with E-state index in [2.05, 4.69) is 31.7 Å². The lowest BCUT2D eigenvalue weighted by molar-refractivity contribution is -0.181. The Kier molecular flexibility index (Phi) is 7.03. The van der Waals surface area contributed by atoms with Gasteiger partial charge in [-0.3, -0.25) is 9.59 Å². The number of nitrogen functional groups attached to an aromatic ring is 2. The zero-order chi connectivity index (χ0) is 29.8. The molecule has 10 heteroatoms. The first-order valence-electron chi connectivity index (χ1n) is 14.7. The number of fused-ring (bicyclic) bond motifs is 3. The highest BCUT2D eigenvalue weighted by atomic mass is 16.6. The highest BCUT2D eigenvalue weighted by Gasteiger charge is 2.68. The minimum absolute atomic E-state index is 0.0983. The molecule has 0 radical (unpaired) electrons. The number of carbonyl (C=O) groups is 2. The maximum Gasteiger partial charge on any atom is 0.308 e. The summed E-state index contributed by atoms with van der Waals surface area (Å²) >= 11 is 0. The normalized spacial score (nSPS) is 25.1. The number of hydrogen-bond acceptors (Lipinski definition) is 9. The minimum atomic E-state index is -0.675. The molecule has 4 aromatic rings. The predicted octanol–water partition coefficient (Wildman–Crippen LogP) is 4.86. The topological polar surface area (TPSA) is 148 Å². The van der Waals surface area contributed by atoms with Gasteiger partial charge < -0.3 is 25.5 Å². The van der Waals surface area contributed by atoms with Crippen LogP contribution in [-0.2, 0) is 25.5 Å². The van der Waals surface area contributed by atoms with Crippen LogP contribution in [-0.4, -0.2) is 43.7 Å². The number of esters is 2. The molecule has 3 aromatic heterocycles. The summed E-state index contributed by atoms with van der Waals surface area (Å²) in [4.78, 5) is 39.4. The zero-order valence-electron chi connectivity index (χ0n) is 24.5. The van der Waals surface area contributed by atoms with Gasteiger partial charge in [-0.05, 0) is 67.5 Å². The average Bonchev–Trinajstić information content (AvgIpc) is 3.44. The van der Waals surface area contributed by atoms with Crippen LogP contribution in [0, 0.1) is 23.2 Å². The van der Waals surface area contributed by atoms with Crippen molar-refractivity contribution in [3.05, 3.63) is 54.5 Å². The van der Waals surface area contributed by atoms with Crippen molar-refractivity contribution in [2.24, 2.45) is 23.2 Å².